The number of aliphatic hydroxyl groups is 1. The molecule has 35 heavy (non-hydrogen) atoms. The van der Waals surface area contributed by atoms with Crippen molar-refractivity contribution in [3.05, 3.63) is 51.2 Å². The first-order chi connectivity index (χ1) is 16.0. The van der Waals surface area contributed by atoms with Crippen LogP contribution in [0.25, 0.3) is 0 Å². The number of hydrogen-bond donors (Lipinski definition) is 1. The fourth-order valence-electron chi connectivity index (χ4n) is 2.95. The Bertz CT molecular complexity index is 955. The van der Waals surface area contributed by atoms with Gasteiger partial charge in [0.05, 0.1) is 19.3 Å². The Morgan fingerprint density at radius 1 is 0.829 bits per heavy atom. The number of benzene rings is 1. The van der Waals surface area contributed by atoms with Crippen LogP contribution in [0.2, 0.25) is 36.3 Å². The van der Waals surface area contributed by atoms with Gasteiger partial charge in [0.15, 0.2) is 16.6 Å². The Morgan fingerprint density at radius 3 is 1.89 bits per heavy atom. The molecule has 0 aliphatic carbocycles. The highest BCUT2D eigenvalue weighted by Crippen LogP contribution is 2.39. The second-order valence-corrected chi connectivity index (χ2v) is 23.2. The molecule has 0 radical (unpaired) electrons. The van der Waals surface area contributed by atoms with Crippen molar-refractivity contribution in [2.24, 2.45) is 0 Å². The van der Waals surface area contributed by atoms with Crippen LogP contribution in [0.3, 0.4) is 0 Å². The van der Waals surface area contributed by atoms with Gasteiger partial charge < -0.3 is 18.7 Å². The van der Waals surface area contributed by atoms with E-state index >= 15 is 0 Å². The average molecular weight is 537 g/mol. The van der Waals surface area contributed by atoms with E-state index in [0.29, 0.717) is 26.2 Å². The second-order valence-electron chi connectivity index (χ2n) is 12.6. The molecular formula is C28H48O4SSi2. The smallest absolute Gasteiger partial charge is 0.192 e. The van der Waals surface area contributed by atoms with Crippen LogP contribution in [-0.2, 0) is 28.7 Å². The molecule has 1 N–H and O–H groups in total. The average Bonchev–Trinajstić information content (AvgIpc) is 3.22. The molecule has 0 fully saturated rings. The van der Waals surface area contributed by atoms with Gasteiger partial charge >= 0.3 is 0 Å². The van der Waals surface area contributed by atoms with E-state index < -0.39 is 22.7 Å². The lowest BCUT2D eigenvalue weighted by Crippen LogP contribution is -2.41. The number of aliphatic hydroxyl groups excluding tert-OH is 1. The summed E-state index contributed by atoms with van der Waals surface area (Å²) in [5, 5.41) is 12.4. The predicted molar refractivity (Wildman–Crippen MR) is 154 cm³/mol. The Hall–Kier alpha value is -0.966. The molecule has 0 saturated heterocycles. The Labute approximate surface area is 220 Å². The molecule has 1 unspecified atom stereocenters. The van der Waals surface area contributed by atoms with Gasteiger partial charge in [-0.25, -0.2) is 0 Å². The highest BCUT2D eigenvalue weighted by Gasteiger charge is 2.38. The summed E-state index contributed by atoms with van der Waals surface area (Å²) in [4.78, 5) is 1.11. The number of thiophene rings is 1. The molecule has 4 nitrogen and oxygen atoms in total. The fourth-order valence-corrected chi connectivity index (χ4v) is 5.70. The monoisotopic (exact) mass is 536 g/mol. The van der Waals surface area contributed by atoms with Crippen LogP contribution in [0.4, 0.5) is 0 Å². The molecule has 1 aromatic heterocycles. The lowest BCUT2D eigenvalue weighted by Gasteiger charge is -2.37. The topological polar surface area (TPSA) is 47.9 Å². The zero-order chi connectivity index (χ0) is 26.7. The summed E-state index contributed by atoms with van der Waals surface area (Å²) >= 11 is 1.63. The van der Waals surface area contributed by atoms with E-state index in [2.05, 4.69) is 79.9 Å². The summed E-state index contributed by atoms with van der Waals surface area (Å²) < 4.78 is 19.3. The maximum atomic E-state index is 10.1. The molecule has 0 amide bonds. The maximum absolute atomic E-state index is 10.1. The van der Waals surface area contributed by atoms with Crippen LogP contribution < -0.4 is 4.74 Å². The van der Waals surface area contributed by atoms with Gasteiger partial charge in [-0.3, -0.25) is 0 Å². The Morgan fingerprint density at radius 2 is 1.37 bits per heavy atom. The molecule has 198 valence electrons. The van der Waals surface area contributed by atoms with E-state index in [9.17, 15) is 5.11 Å². The van der Waals surface area contributed by atoms with Gasteiger partial charge in [0.25, 0.3) is 0 Å². The number of rotatable bonds is 11. The largest absolute Gasteiger partial charge is 0.488 e. The van der Waals surface area contributed by atoms with Crippen molar-refractivity contribution < 1.29 is 18.7 Å². The zero-order valence-corrected chi connectivity index (χ0v) is 26.7. The fraction of sp³-hybridized carbons (Fsp3) is 0.643. The maximum Gasteiger partial charge on any atom is 0.192 e. The lowest BCUT2D eigenvalue weighted by atomic mass is 10.1. The molecule has 1 heterocycles. The summed E-state index contributed by atoms with van der Waals surface area (Å²) in [7, 11) is -3.76. The standard InChI is InChI=1S/C28H48O4SSi2/c1-12-26(29)23-16-25(33-20-23)19-30-24-14-13-21(17-31-34(8,9)27(2,3)4)22(15-24)18-32-35(10,11)28(5,6)7/h13-16,20,26,29H,12,17-19H2,1-11H3. The van der Waals surface area contributed by atoms with E-state index in [-0.39, 0.29) is 10.1 Å². The van der Waals surface area contributed by atoms with Crippen molar-refractivity contribution in [1.29, 1.82) is 0 Å². The van der Waals surface area contributed by atoms with Gasteiger partial charge in [0.1, 0.15) is 12.4 Å². The molecule has 1 atom stereocenters. The van der Waals surface area contributed by atoms with E-state index in [1.165, 1.54) is 5.56 Å². The molecule has 0 spiro atoms. The first kappa shape index (κ1) is 30.3. The molecule has 0 aliphatic heterocycles. The quantitative estimate of drug-likeness (QED) is 0.291. The highest BCUT2D eigenvalue weighted by atomic mass is 32.1. The van der Waals surface area contributed by atoms with E-state index in [0.717, 1.165) is 21.8 Å². The van der Waals surface area contributed by atoms with Crippen LogP contribution in [0.5, 0.6) is 5.75 Å². The van der Waals surface area contributed by atoms with Crippen LogP contribution in [0.1, 0.15) is 82.6 Å². The molecule has 2 aromatic rings. The van der Waals surface area contributed by atoms with E-state index in [1.807, 2.05) is 24.4 Å². The molecule has 0 saturated carbocycles. The lowest BCUT2D eigenvalue weighted by molar-refractivity contribution is 0.174. The highest BCUT2D eigenvalue weighted by molar-refractivity contribution is 7.10. The van der Waals surface area contributed by atoms with Crippen LogP contribution in [0, 0.1) is 0 Å². The van der Waals surface area contributed by atoms with Crippen molar-refractivity contribution in [1.82, 2.24) is 0 Å². The van der Waals surface area contributed by atoms with Gasteiger partial charge in [0.2, 0.25) is 0 Å². The normalized spacial score (nSPS) is 14.3. The third-order valence-corrected chi connectivity index (χ3v) is 17.7. The predicted octanol–water partition coefficient (Wildman–Crippen LogP) is 8.81. The summed E-state index contributed by atoms with van der Waals surface area (Å²) in [5.74, 6) is 0.834. The third-order valence-electron chi connectivity index (χ3n) is 7.79. The Balaban J connectivity index is 2.22. The van der Waals surface area contributed by atoms with Gasteiger partial charge in [-0.1, -0.05) is 54.5 Å². The first-order valence-electron chi connectivity index (χ1n) is 12.7. The van der Waals surface area contributed by atoms with Gasteiger partial charge in [-0.2, -0.15) is 0 Å². The minimum absolute atomic E-state index is 0.152. The van der Waals surface area contributed by atoms with Crippen molar-refractivity contribution in [2.75, 3.05) is 0 Å². The molecule has 7 heteroatoms. The van der Waals surface area contributed by atoms with Crippen molar-refractivity contribution in [3.63, 3.8) is 0 Å². The number of ether oxygens (including phenoxy) is 1. The molecule has 1 aromatic carbocycles. The molecule has 2 rings (SSSR count). The number of hydrogen-bond acceptors (Lipinski definition) is 5. The summed E-state index contributed by atoms with van der Waals surface area (Å²) in [6.45, 7) is 26.4. The molecule has 0 bridgehead atoms. The third kappa shape index (κ3) is 8.27. The van der Waals surface area contributed by atoms with Gasteiger partial charge in [-0.15, -0.1) is 11.3 Å². The summed E-state index contributed by atoms with van der Waals surface area (Å²) in [5.41, 5.74) is 3.28. The van der Waals surface area contributed by atoms with E-state index in [1.54, 1.807) is 11.3 Å². The van der Waals surface area contributed by atoms with Crippen molar-refractivity contribution in [2.45, 2.75) is 117 Å². The summed E-state index contributed by atoms with van der Waals surface area (Å²) in [6.07, 6.45) is 0.312. The van der Waals surface area contributed by atoms with E-state index in [4.69, 9.17) is 13.6 Å². The minimum atomic E-state index is -1.90. The summed E-state index contributed by atoms with van der Waals surface area (Å²) in [6, 6.07) is 8.33. The van der Waals surface area contributed by atoms with Crippen LogP contribution >= 0.6 is 11.3 Å². The SMILES string of the molecule is CCC(O)c1csc(COc2ccc(CO[Si](C)(C)C(C)(C)C)c(CO[Si](C)(C)C(C)(C)C)c2)c1. The molecule has 0 aliphatic rings. The zero-order valence-electron chi connectivity index (χ0n) is 23.9. The van der Waals surface area contributed by atoms with Crippen molar-refractivity contribution >= 4 is 28.0 Å². The molecular weight excluding hydrogens is 489 g/mol. The van der Waals surface area contributed by atoms with Crippen LogP contribution in [0.15, 0.2) is 29.6 Å². The first-order valence-corrected chi connectivity index (χ1v) is 19.4. The minimum Gasteiger partial charge on any atom is -0.488 e. The van der Waals surface area contributed by atoms with Crippen molar-refractivity contribution in [3.8, 4) is 5.75 Å². The second kappa shape index (κ2) is 11.6. The Kier molecular flexibility index (Phi) is 10.0. The van der Waals surface area contributed by atoms with Gasteiger partial charge in [-0.05, 0) is 83.0 Å². The van der Waals surface area contributed by atoms with Crippen LogP contribution in [-0.4, -0.2) is 21.7 Å². The van der Waals surface area contributed by atoms with Gasteiger partial charge in [0, 0.05) is 4.88 Å².